The summed E-state index contributed by atoms with van der Waals surface area (Å²) in [5, 5.41) is 0. The molecule has 0 aromatic heterocycles. The highest BCUT2D eigenvalue weighted by molar-refractivity contribution is 6.22. The molecule has 25 heavy (non-hydrogen) atoms. The summed E-state index contributed by atoms with van der Waals surface area (Å²) >= 11 is 0. The number of ether oxygens (including phenoxy) is 1. The maximum absolute atomic E-state index is 12.9. The lowest BCUT2D eigenvalue weighted by Crippen LogP contribution is -2.38. The molecule has 4 aliphatic rings. The highest BCUT2D eigenvalue weighted by Crippen LogP contribution is 2.50. The van der Waals surface area contributed by atoms with Crippen molar-refractivity contribution < 1.29 is 14.3 Å². The number of allylic oxidation sites excluding steroid dienone is 2. The van der Waals surface area contributed by atoms with Crippen LogP contribution in [0.5, 0.6) is 5.75 Å². The van der Waals surface area contributed by atoms with Gasteiger partial charge in [-0.2, -0.15) is 0 Å². The number of rotatable bonds is 6. The van der Waals surface area contributed by atoms with Crippen molar-refractivity contribution in [2.45, 2.75) is 39.0 Å². The molecule has 1 heterocycles. The molecule has 4 heteroatoms. The van der Waals surface area contributed by atoms with Crippen LogP contribution in [0.25, 0.3) is 0 Å². The van der Waals surface area contributed by atoms with Gasteiger partial charge in [0, 0.05) is 0 Å². The number of unbranched alkanes of at least 4 members (excludes halogenated alkanes) is 2. The number of nitrogens with zero attached hydrogens (tertiary/aromatic N) is 1. The molecule has 0 radical (unpaired) electrons. The summed E-state index contributed by atoms with van der Waals surface area (Å²) in [6, 6.07) is 7.38. The van der Waals surface area contributed by atoms with E-state index in [2.05, 4.69) is 19.1 Å². The molecule has 5 rings (SSSR count). The van der Waals surface area contributed by atoms with Crippen molar-refractivity contribution in [3.63, 3.8) is 0 Å². The van der Waals surface area contributed by atoms with Gasteiger partial charge >= 0.3 is 0 Å². The van der Waals surface area contributed by atoms with Gasteiger partial charge in [0.1, 0.15) is 5.75 Å². The molecule has 4 atom stereocenters. The van der Waals surface area contributed by atoms with Crippen LogP contribution in [0.4, 0.5) is 5.69 Å². The van der Waals surface area contributed by atoms with E-state index >= 15 is 0 Å². The van der Waals surface area contributed by atoms with Crippen LogP contribution in [0.15, 0.2) is 36.4 Å². The number of hydrogen-bond acceptors (Lipinski definition) is 3. The van der Waals surface area contributed by atoms with E-state index in [1.165, 1.54) is 11.3 Å². The van der Waals surface area contributed by atoms with Gasteiger partial charge in [-0.3, -0.25) is 14.5 Å². The van der Waals surface area contributed by atoms with Gasteiger partial charge in [-0.05, 0) is 55.4 Å². The zero-order chi connectivity index (χ0) is 17.4. The third-order valence-electron chi connectivity index (χ3n) is 5.87. The van der Waals surface area contributed by atoms with Gasteiger partial charge in [0.05, 0.1) is 24.1 Å². The highest BCUT2D eigenvalue weighted by atomic mass is 16.5. The molecule has 132 valence electrons. The van der Waals surface area contributed by atoms with Crippen molar-refractivity contribution in [3.05, 3.63) is 36.4 Å². The molecule has 2 bridgehead atoms. The van der Waals surface area contributed by atoms with E-state index in [0.717, 1.165) is 31.4 Å². The summed E-state index contributed by atoms with van der Waals surface area (Å²) in [6.07, 6.45) is 9.73. The first kappa shape index (κ1) is 16.4. The predicted molar refractivity (Wildman–Crippen MR) is 96.3 cm³/mol. The van der Waals surface area contributed by atoms with Gasteiger partial charge in [0.25, 0.3) is 0 Å². The number of imide groups is 1. The Hall–Kier alpha value is -2.10. The second-order valence-corrected chi connectivity index (χ2v) is 7.40. The number of benzene rings is 1. The summed E-state index contributed by atoms with van der Waals surface area (Å²) in [4.78, 5) is 27.2. The van der Waals surface area contributed by atoms with Gasteiger partial charge in [-0.15, -0.1) is 0 Å². The highest BCUT2D eigenvalue weighted by Gasteiger charge is 2.56. The average molecular weight is 339 g/mol. The van der Waals surface area contributed by atoms with Crippen LogP contribution in [-0.2, 0) is 9.59 Å². The lowest BCUT2D eigenvalue weighted by Gasteiger charge is -2.38. The molecule has 0 unspecified atom stereocenters. The molecular formula is C21H25NO3. The van der Waals surface area contributed by atoms with E-state index in [0.29, 0.717) is 12.3 Å². The lowest BCUT2D eigenvalue weighted by atomic mass is 9.63. The fraction of sp³-hybridized carbons (Fsp3) is 0.524. The van der Waals surface area contributed by atoms with Crippen LogP contribution in [0.1, 0.15) is 39.0 Å². The van der Waals surface area contributed by atoms with E-state index in [1.807, 2.05) is 24.3 Å². The zero-order valence-electron chi connectivity index (χ0n) is 14.7. The molecule has 1 aliphatic heterocycles. The van der Waals surface area contributed by atoms with Crippen molar-refractivity contribution in [2.75, 3.05) is 11.5 Å². The minimum absolute atomic E-state index is 0.0225. The minimum atomic E-state index is -0.152. The van der Waals surface area contributed by atoms with Crippen LogP contribution in [-0.4, -0.2) is 18.4 Å². The normalized spacial score (nSPS) is 30.0. The Kier molecular flexibility index (Phi) is 4.36. The second-order valence-electron chi connectivity index (χ2n) is 7.40. The van der Waals surface area contributed by atoms with Gasteiger partial charge < -0.3 is 4.74 Å². The summed E-state index contributed by atoms with van der Waals surface area (Å²) in [7, 11) is 0. The number of carbonyl (C=O) groups excluding carboxylic acids is 2. The summed E-state index contributed by atoms with van der Waals surface area (Å²) < 4.78 is 5.72. The summed E-state index contributed by atoms with van der Waals surface area (Å²) in [6.45, 7) is 2.87. The quantitative estimate of drug-likeness (QED) is 0.448. The molecule has 1 aromatic carbocycles. The maximum Gasteiger partial charge on any atom is 0.238 e. The number of anilines is 1. The number of fused-ring (bicyclic) bond motifs is 1. The van der Waals surface area contributed by atoms with E-state index in [4.69, 9.17) is 4.74 Å². The summed E-state index contributed by atoms with van der Waals surface area (Å²) in [5.41, 5.74) is 0.671. The average Bonchev–Trinajstić information content (AvgIpc) is 2.94. The van der Waals surface area contributed by atoms with Crippen molar-refractivity contribution in [1.82, 2.24) is 0 Å². The molecule has 1 aromatic rings. The van der Waals surface area contributed by atoms with E-state index in [-0.39, 0.29) is 35.5 Å². The number of carbonyl (C=O) groups is 2. The monoisotopic (exact) mass is 339 g/mol. The molecule has 2 fully saturated rings. The van der Waals surface area contributed by atoms with Gasteiger partial charge in [-0.25, -0.2) is 0 Å². The van der Waals surface area contributed by atoms with Crippen LogP contribution in [0, 0.1) is 23.7 Å². The maximum atomic E-state index is 12.9. The molecule has 1 saturated heterocycles. The van der Waals surface area contributed by atoms with Gasteiger partial charge in [-0.1, -0.05) is 31.9 Å². The van der Waals surface area contributed by atoms with Crippen LogP contribution >= 0.6 is 0 Å². The standard InChI is InChI=1S/C21H25NO3/c1-2-3-4-13-25-17-11-9-16(10-12-17)22-20(23)18-14-5-6-15(8-7-14)19(18)21(22)24/h5-6,9-12,14-15,18-19H,2-4,7-8,13H2,1H3/t14-,15-,18-,19+/m0/s1. The molecule has 1 saturated carbocycles. The van der Waals surface area contributed by atoms with E-state index in [9.17, 15) is 9.59 Å². The number of amides is 2. The van der Waals surface area contributed by atoms with Crippen molar-refractivity contribution in [2.24, 2.45) is 23.7 Å². The topological polar surface area (TPSA) is 46.6 Å². The van der Waals surface area contributed by atoms with Crippen molar-refractivity contribution in [3.8, 4) is 5.75 Å². The van der Waals surface area contributed by atoms with E-state index < -0.39 is 0 Å². The summed E-state index contributed by atoms with van der Waals surface area (Å²) in [5.74, 6) is 0.909. The molecule has 4 nitrogen and oxygen atoms in total. The van der Waals surface area contributed by atoms with Crippen molar-refractivity contribution >= 4 is 17.5 Å². The predicted octanol–water partition coefficient (Wildman–Crippen LogP) is 3.96. The van der Waals surface area contributed by atoms with Crippen molar-refractivity contribution in [1.29, 1.82) is 0 Å². The SMILES string of the molecule is CCCCCOc1ccc(N2C(=O)[C@@H]3[C@H](C2=O)[C@H]2C=C[C@H]3CC2)cc1. The lowest BCUT2D eigenvalue weighted by molar-refractivity contribution is -0.124. The van der Waals surface area contributed by atoms with Gasteiger partial charge in [0.2, 0.25) is 11.8 Å². The Balaban J connectivity index is 1.49. The number of hydrogen-bond donors (Lipinski definition) is 0. The second kappa shape index (κ2) is 6.66. The molecular weight excluding hydrogens is 314 g/mol. The fourth-order valence-electron chi connectivity index (χ4n) is 4.56. The Morgan fingerprint density at radius 1 is 0.960 bits per heavy atom. The Labute approximate surface area is 148 Å². The molecule has 2 amide bonds. The van der Waals surface area contributed by atoms with E-state index in [1.54, 1.807) is 0 Å². The Morgan fingerprint density at radius 2 is 1.56 bits per heavy atom. The van der Waals surface area contributed by atoms with Crippen LogP contribution in [0.2, 0.25) is 0 Å². The molecule has 3 aliphatic carbocycles. The zero-order valence-corrected chi connectivity index (χ0v) is 14.7. The molecule has 0 N–H and O–H groups in total. The Bertz CT molecular complexity index is 662. The first-order valence-corrected chi connectivity index (χ1v) is 9.49. The first-order valence-electron chi connectivity index (χ1n) is 9.49. The first-order chi connectivity index (χ1) is 12.2. The van der Waals surface area contributed by atoms with Crippen LogP contribution in [0.3, 0.4) is 0 Å². The Morgan fingerprint density at radius 3 is 2.08 bits per heavy atom. The third kappa shape index (κ3) is 2.78. The smallest absolute Gasteiger partial charge is 0.238 e. The largest absolute Gasteiger partial charge is 0.494 e. The van der Waals surface area contributed by atoms with Gasteiger partial charge in [0.15, 0.2) is 0 Å². The van der Waals surface area contributed by atoms with Crippen LogP contribution < -0.4 is 9.64 Å². The minimum Gasteiger partial charge on any atom is -0.494 e. The fourth-order valence-corrected chi connectivity index (χ4v) is 4.56. The third-order valence-corrected chi connectivity index (χ3v) is 5.87. The molecule has 0 spiro atoms.